The average molecular weight is 472 g/mol. The lowest BCUT2D eigenvalue weighted by molar-refractivity contribution is 0.0877. The van der Waals surface area contributed by atoms with Gasteiger partial charge in [-0.25, -0.2) is 5.01 Å². The van der Waals surface area contributed by atoms with Crippen LogP contribution in [-0.2, 0) is 13.0 Å². The van der Waals surface area contributed by atoms with Crippen LogP contribution in [0.15, 0.2) is 79.0 Å². The van der Waals surface area contributed by atoms with Crippen LogP contribution < -0.4 is 11.6 Å². The minimum atomic E-state index is -0.692. The maximum Gasteiger partial charge on any atom is 0.0835 e. The van der Waals surface area contributed by atoms with Crippen molar-refractivity contribution in [1.82, 2.24) is 9.99 Å². The van der Waals surface area contributed by atoms with Crippen LogP contribution in [0.5, 0.6) is 0 Å². The van der Waals surface area contributed by atoms with E-state index in [4.69, 9.17) is 11.6 Å². The van der Waals surface area contributed by atoms with Crippen LogP contribution in [0.2, 0.25) is 0 Å². The van der Waals surface area contributed by atoms with E-state index < -0.39 is 6.10 Å². The molecule has 0 saturated carbocycles. The van der Waals surface area contributed by atoms with Gasteiger partial charge in [-0.2, -0.15) is 0 Å². The highest BCUT2D eigenvalue weighted by atomic mass is 35.5. The molecule has 5 N–H and O–H groups in total. The average Bonchev–Trinajstić information content (AvgIpc) is 2.70. The minimum absolute atomic E-state index is 0. The van der Waals surface area contributed by atoms with Gasteiger partial charge in [0, 0.05) is 30.9 Å². The van der Waals surface area contributed by atoms with Gasteiger partial charge in [0.05, 0.1) is 11.8 Å². The molecule has 1 aromatic heterocycles. The zero-order valence-corrected chi connectivity index (χ0v) is 19.0. The van der Waals surface area contributed by atoms with Crippen molar-refractivity contribution in [2.75, 3.05) is 6.54 Å². The number of nitrogens with zero attached hydrogens (tertiary/aromatic N) is 2. The molecule has 5 nitrogen and oxygen atoms in total. The number of aromatic nitrogens is 1. The molecule has 2 aromatic carbocycles. The van der Waals surface area contributed by atoms with Crippen LogP contribution in [0, 0.1) is 0 Å². The standard InChI is InChI=1S/C22H26N4O.3ClH/c23-20(14-17-6-2-1-3-7-17)22(27)16-26(24)15-18-9-11-19(12-10-18)21-8-4-5-13-25-21;;;/h1-13,20,22,27H,14-16,23-24H2;3*1H. The molecule has 0 fully saturated rings. The molecule has 3 rings (SSSR count). The summed E-state index contributed by atoms with van der Waals surface area (Å²) >= 11 is 0. The molecule has 3 aromatic rings. The molecular weight excluding hydrogens is 443 g/mol. The van der Waals surface area contributed by atoms with Gasteiger partial charge in [-0.1, -0.05) is 60.7 Å². The van der Waals surface area contributed by atoms with E-state index >= 15 is 0 Å². The van der Waals surface area contributed by atoms with Crippen molar-refractivity contribution in [1.29, 1.82) is 0 Å². The van der Waals surface area contributed by atoms with Gasteiger partial charge >= 0.3 is 0 Å². The fourth-order valence-electron chi connectivity index (χ4n) is 3.01. The number of hydrazine groups is 1. The molecule has 0 bridgehead atoms. The Balaban J connectivity index is 0.00000280. The SMILES string of the molecule is Cl.Cl.Cl.NC(Cc1ccccc1)C(O)CN(N)Cc1ccc(-c2ccccn2)cc1. The summed E-state index contributed by atoms with van der Waals surface area (Å²) in [5.74, 6) is 6.09. The van der Waals surface area contributed by atoms with E-state index in [1.54, 1.807) is 11.2 Å². The van der Waals surface area contributed by atoms with Crippen molar-refractivity contribution in [3.05, 3.63) is 90.1 Å². The quantitative estimate of drug-likeness (QED) is 0.345. The number of halogens is 3. The van der Waals surface area contributed by atoms with E-state index in [1.807, 2.05) is 72.8 Å². The zero-order chi connectivity index (χ0) is 19.1. The van der Waals surface area contributed by atoms with Gasteiger partial charge in [-0.05, 0) is 29.7 Å². The van der Waals surface area contributed by atoms with Gasteiger partial charge in [0.1, 0.15) is 0 Å². The molecule has 0 saturated heterocycles. The predicted octanol–water partition coefficient (Wildman–Crippen LogP) is 3.62. The Morgan fingerprint density at radius 2 is 1.47 bits per heavy atom. The second-order valence-electron chi connectivity index (χ2n) is 6.76. The van der Waals surface area contributed by atoms with Crippen molar-refractivity contribution in [2.45, 2.75) is 25.1 Å². The number of rotatable bonds is 8. The number of nitrogens with two attached hydrogens (primary N) is 2. The summed E-state index contributed by atoms with van der Waals surface area (Å²) in [7, 11) is 0. The normalized spacial score (nSPS) is 12.1. The zero-order valence-electron chi connectivity index (χ0n) is 16.5. The fraction of sp³-hybridized carbons (Fsp3) is 0.227. The first-order valence-corrected chi connectivity index (χ1v) is 9.09. The van der Waals surface area contributed by atoms with Gasteiger partial charge < -0.3 is 10.8 Å². The van der Waals surface area contributed by atoms with Crippen LogP contribution in [0.4, 0.5) is 0 Å². The van der Waals surface area contributed by atoms with Crippen molar-refractivity contribution in [3.63, 3.8) is 0 Å². The largest absolute Gasteiger partial charge is 0.390 e. The molecule has 30 heavy (non-hydrogen) atoms. The van der Waals surface area contributed by atoms with Crippen molar-refractivity contribution in [2.24, 2.45) is 11.6 Å². The second-order valence-corrected chi connectivity index (χ2v) is 6.76. The topological polar surface area (TPSA) is 88.4 Å². The summed E-state index contributed by atoms with van der Waals surface area (Å²) in [6, 6.07) is 23.5. The smallest absolute Gasteiger partial charge is 0.0835 e. The van der Waals surface area contributed by atoms with Crippen LogP contribution in [0.3, 0.4) is 0 Å². The Kier molecular flexibility index (Phi) is 13.5. The second kappa shape index (κ2) is 14.3. The third-order valence-corrected chi connectivity index (χ3v) is 4.53. The number of benzene rings is 2. The van der Waals surface area contributed by atoms with Gasteiger partial charge in [0.25, 0.3) is 0 Å². The molecule has 0 spiro atoms. The molecule has 8 heteroatoms. The first kappa shape index (κ1) is 28.3. The van der Waals surface area contributed by atoms with Gasteiger partial charge in [-0.15, -0.1) is 37.2 Å². The Labute approximate surface area is 196 Å². The highest BCUT2D eigenvalue weighted by Gasteiger charge is 2.17. The predicted molar refractivity (Wildman–Crippen MR) is 130 cm³/mol. The molecule has 164 valence electrons. The summed E-state index contributed by atoms with van der Waals surface area (Å²) in [4.78, 5) is 4.35. The number of hydrogen-bond acceptors (Lipinski definition) is 5. The summed E-state index contributed by atoms with van der Waals surface area (Å²) in [5.41, 5.74) is 10.3. The minimum Gasteiger partial charge on any atom is -0.390 e. The van der Waals surface area contributed by atoms with Gasteiger partial charge in [0.15, 0.2) is 0 Å². The molecule has 0 amide bonds. The fourth-order valence-corrected chi connectivity index (χ4v) is 3.01. The Hall–Kier alpha value is -1.70. The lowest BCUT2D eigenvalue weighted by Crippen LogP contribution is -2.46. The molecule has 1 heterocycles. The van der Waals surface area contributed by atoms with E-state index in [1.165, 1.54) is 0 Å². The van der Waals surface area contributed by atoms with Crippen LogP contribution >= 0.6 is 37.2 Å². The van der Waals surface area contributed by atoms with Crippen LogP contribution in [0.25, 0.3) is 11.3 Å². The Morgan fingerprint density at radius 1 is 0.833 bits per heavy atom. The summed E-state index contributed by atoms with van der Waals surface area (Å²) in [5, 5.41) is 12.0. The highest BCUT2D eigenvalue weighted by molar-refractivity contribution is 5.86. The maximum atomic E-state index is 10.4. The van der Waals surface area contributed by atoms with Crippen LogP contribution in [-0.4, -0.2) is 33.8 Å². The number of aliphatic hydroxyl groups excluding tert-OH is 1. The maximum absolute atomic E-state index is 10.4. The van der Waals surface area contributed by atoms with E-state index in [0.29, 0.717) is 19.5 Å². The number of pyridine rings is 1. The first-order valence-electron chi connectivity index (χ1n) is 9.09. The Morgan fingerprint density at radius 3 is 2.07 bits per heavy atom. The molecule has 0 aliphatic heterocycles. The first-order chi connectivity index (χ1) is 13.1. The molecule has 0 radical (unpaired) electrons. The van der Waals surface area contributed by atoms with E-state index in [9.17, 15) is 5.11 Å². The van der Waals surface area contributed by atoms with E-state index in [-0.39, 0.29) is 43.3 Å². The molecular formula is C22H29Cl3N4O. The summed E-state index contributed by atoms with van der Waals surface area (Å²) in [6.45, 7) is 0.855. The number of hydrogen-bond donors (Lipinski definition) is 3. The molecule has 2 unspecified atom stereocenters. The van der Waals surface area contributed by atoms with E-state index in [0.717, 1.165) is 22.4 Å². The highest BCUT2D eigenvalue weighted by Crippen LogP contribution is 2.17. The van der Waals surface area contributed by atoms with Gasteiger partial charge in [0.2, 0.25) is 0 Å². The third kappa shape index (κ3) is 8.58. The lowest BCUT2D eigenvalue weighted by atomic mass is 10.0. The molecule has 0 aliphatic carbocycles. The van der Waals surface area contributed by atoms with Gasteiger partial charge in [-0.3, -0.25) is 10.8 Å². The van der Waals surface area contributed by atoms with Crippen molar-refractivity contribution >= 4 is 37.2 Å². The third-order valence-electron chi connectivity index (χ3n) is 4.53. The molecule has 2 atom stereocenters. The summed E-state index contributed by atoms with van der Waals surface area (Å²) < 4.78 is 0. The lowest BCUT2D eigenvalue weighted by Gasteiger charge is -2.24. The summed E-state index contributed by atoms with van der Waals surface area (Å²) in [6.07, 6.45) is 1.71. The van der Waals surface area contributed by atoms with E-state index in [2.05, 4.69) is 4.98 Å². The monoisotopic (exact) mass is 470 g/mol. The number of aliphatic hydroxyl groups is 1. The van der Waals surface area contributed by atoms with Crippen molar-refractivity contribution in [3.8, 4) is 11.3 Å². The van der Waals surface area contributed by atoms with Crippen LogP contribution in [0.1, 0.15) is 11.1 Å². The molecule has 0 aliphatic rings. The Bertz CT molecular complexity index is 823. The van der Waals surface area contributed by atoms with Crippen molar-refractivity contribution < 1.29 is 5.11 Å².